The van der Waals surface area contributed by atoms with Crippen LogP contribution in [-0.2, 0) is 4.79 Å². The first kappa shape index (κ1) is 15.6. The number of benzene rings is 1. The standard InChI is InChI=1S/C17H18N2O3/c1-12(16-5-4-10-21-16)19(3)17(20)13(2)22-15-8-6-14(11-18)7-9-15/h4-10,12-13H,1-3H3. The molecule has 2 atom stereocenters. The van der Waals surface area contributed by atoms with Gasteiger partial charge in [0.2, 0.25) is 0 Å². The fourth-order valence-electron chi connectivity index (χ4n) is 2.06. The molecule has 0 aliphatic carbocycles. The van der Waals surface area contributed by atoms with E-state index in [0.29, 0.717) is 11.3 Å². The summed E-state index contributed by atoms with van der Waals surface area (Å²) in [5.41, 5.74) is 0.551. The van der Waals surface area contributed by atoms with Gasteiger partial charge in [-0.1, -0.05) is 0 Å². The van der Waals surface area contributed by atoms with Gasteiger partial charge in [-0.05, 0) is 50.2 Å². The Labute approximate surface area is 129 Å². The quantitative estimate of drug-likeness (QED) is 0.850. The lowest BCUT2D eigenvalue weighted by Crippen LogP contribution is -2.39. The fourth-order valence-corrected chi connectivity index (χ4v) is 2.06. The van der Waals surface area contributed by atoms with Crippen molar-refractivity contribution in [3.8, 4) is 11.8 Å². The number of furan rings is 1. The summed E-state index contributed by atoms with van der Waals surface area (Å²) in [6.07, 6.45) is 0.955. The van der Waals surface area contributed by atoms with Crippen LogP contribution < -0.4 is 4.74 Å². The Morgan fingerprint density at radius 2 is 1.95 bits per heavy atom. The third kappa shape index (κ3) is 3.47. The number of hydrogen-bond acceptors (Lipinski definition) is 4. The molecule has 1 aromatic carbocycles. The summed E-state index contributed by atoms with van der Waals surface area (Å²) in [4.78, 5) is 14.0. The predicted molar refractivity (Wildman–Crippen MR) is 81.1 cm³/mol. The van der Waals surface area contributed by atoms with Crippen LogP contribution in [0.15, 0.2) is 47.1 Å². The minimum absolute atomic E-state index is 0.145. The van der Waals surface area contributed by atoms with Crippen molar-refractivity contribution in [3.63, 3.8) is 0 Å². The van der Waals surface area contributed by atoms with Gasteiger partial charge >= 0.3 is 0 Å². The molecule has 0 fully saturated rings. The van der Waals surface area contributed by atoms with E-state index in [0.717, 1.165) is 5.76 Å². The number of amides is 1. The number of nitrogens with zero attached hydrogens (tertiary/aromatic N) is 2. The minimum Gasteiger partial charge on any atom is -0.481 e. The van der Waals surface area contributed by atoms with Crippen LogP contribution in [0.1, 0.15) is 31.2 Å². The molecule has 0 radical (unpaired) electrons. The number of rotatable bonds is 5. The molecule has 1 heterocycles. The van der Waals surface area contributed by atoms with Crippen molar-refractivity contribution < 1.29 is 13.9 Å². The van der Waals surface area contributed by atoms with Crippen molar-refractivity contribution >= 4 is 5.91 Å². The predicted octanol–water partition coefficient (Wildman–Crippen LogP) is 3.14. The molecule has 2 unspecified atom stereocenters. The Balaban J connectivity index is 2.00. The molecule has 5 heteroatoms. The number of carbonyl (C=O) groups excluding carboxylic acids is 1. The van der Waals surface area contributed by atoms with Gasteiger partial charge in [0, 0.05) is 7.05 Å². The molecule has 1 amide bonds. The van der Waals surface area contributed by atoms with Gasteiger partial charge in [-0.2, -0.15) is 5.26 Å². The Morgan fingerprint density at radius 3 is 2.50 bits per heavy atom. The molecule has 0 N–H and O–H groups in total. The van der Waals surface area contributed by atoms with Gasteiger partial charge in [-0.3, -0.25) is 4.79 Å². The van der Waals surface area contributed by atoms with E-state index in [4.69, 9.17) is 14.4 Å². The van der Waals surface area contributed by atoms with Crippen LogP contribution in [0.3, 0.4) is 0 Å². The summed E-state index contributed by atoms with van der Waals surface area (Å²) in [5.74, 6) is 1.13. The van der Waals surface area contributed by atoms with Gasteiger partial charge in [0.05, 0.1) is 23.9 Å². The van der Waals surface area contributed by atoms with E-state index in [1.165, 1.54) is 0 Å². The van der Waals surface area contributed by atoms with E-state index in [1.54, 1.807) is 55.5 Å². The maximum atomic E-state index is 12.4. The van der Waals surface area contributed by atoms with Crippen molar-refractivity contribution in [2.75, 3.05) is 7.05 Å². The average molecular weight is 298 g/mol. The summed E-state index contributed by atoms with van der Waals surface area (Å²) in [5, 5.41) is 8.76. The van der Waals surface area contributed by atoms with E-state index in [2.05, 4.69) is 0 Å². The summed E-state index contributed by atoms with van der Waals surface area (Å²) >= 11 is 0. The van der Waals surface area contributed by atoms with Gasteiger partial charge in [0.25, 0.3) is 5.91 Å². The topological polar surface area (TPSA) is 66.5 Å². The molecule has 0 saturated heterocycles. The van der Waals surface area contributed by atoms with E-state index in [-0.39, 0.29) is 11.9 Å². The Kier molecular flexibility index (Phi) is 4.84. The van der Waals surface area contributed by atoms with Crippen LogP contribution in [0.4, 0.5) is 0 Å². The molecular weight excluding hydrogens is 280 g/mol. The SMILES string of the molecule is CC(Oc1ccc(C#N)cc1)C(=O)N(C)C(C)c1ccco1. The van der Waals surface area contributed by atoms with Gasteiger partial charge in [0.15, 0.2) is 6.10 Å². The number of ether oxygens (including phenoxy) is 1. The van der Waals surface area contributed by atoms with Crippen molar-refractivity contribution in [2.45, 2.75) is 26.0 Å². The minimum atomic E-state index is -0.629. The molecule has 5 nitrogen and oxygen atoms in total. The number of carbonyl (C=O) groups is 1. The van der Waals surface area contributed by atoms with Crippen LogP contribution in [0.5, 0.6) is 5.75 Å². The highest BCUT2D eigenvalue weighted by atomic mass is 16.5. The van der Waals surface area contributed by atoms with Gasteiger partial charge in [0.1, 0.15) is 11.5 Å². The van der Waals surface area contributed by atoms with Crippen molar-refractivity contribution in [1.29, 1.82) is 5.26 Å². The first-order chi connectivity index (χ1) is 10.5. The molecule has 0 aliphatic heterocycles. The van der Waals surface area contributed by atoms with Crippen molar-refractivity contribution in [3.05, 3.63) is 54.0 Å². The number of nitriles is 1. The average Bonchev–Trinajstić information content (AvgIpc) is 3.07. The van der Waals surface area contributed by atoms with Gasteiger partial charge in [-0.15, -0.1) is 0 Å². The van der Waals surface area contributed by atoms with E-state index in [1.807, 2.05) is 19.1 Å². The zero-order valence-corrected chi connectivity index (χ0v) is 12.8. The summed E-state index contributed by atoms with van der Waals surface area (Å²) in [7, 11) is 1.72. The van der Waals surface area contributed by atoms with E-state index >= 15 is 0 Å². The lowest BCUT2D eigenvalue weighted by atomic mass is 10.2. The third-order valence-corrected chi connectivity index (χ3v) is 3.53. The first-order valence-electron chi connectivity index (χ1n) is 7.00. The molecule has 0 saturated carbocycles. The zero-order chi connectivity index (χ0) is 16.1. The van der Waals surface area contributed by atoms with Crippen molar-refractivity contribution in [1.82, 2.24) is 4.90 Å². The summed E-state index contributed by atoms with van der Waals surface area (Å²) < 4.78 is 11.0. The molecule has 114 valence electrons. The first-order valence-corrected chi connectivity index (χ1v) is 7.00. The second-order valence-electron chi connectivity index (χ2n) is 5.04. The number of hydrogen-bond donors (Lipinski definition) is 0. The smallest absolute Gasteiger partial charge is 0.263 e. The molecule has 0 spiro atoms. The van der Waals surface area contributed by atoms with Crippen molar-refractivity contribution in [2.24, 2.45) is 0 Å². The van der Waals surface area contributed by atoms with Crippen LogP contribution >= 0.6 is 0 Å². The third-order valence-electron chi connectivity index (χ3n) is 3.53. The highest BCUT2D eigenvalue weighted by Crippen LogP contribution is 2.21. The Bertz CT molecular complexity index is 656. The monoisotopic (exact) mass is 298 g/mol. The number of likely N-dealkylation sites (N-methyl/N-ethyl adjacent to an activating group) is 1. The molecule has 2 rings (SSSR count). The summed E-state index contributed by atoms with van der Waals surface area (Å²) in [6.45, 7) is 3.59. The molecule has 1 aromatic heterocycles. The van der Waals surface area contributed by atoms with Gasteiger partial charge < -0.3 is 14.1 Å². The molecule has 0 bridgehead atoms. The summed E-state index contributed by atoms with van der Waals surface area (Å²) in [6, 6.07) is 12.2. The fraction of sp³-hybridized carbons (Fsp3) is 0.294. The molecule has 22 heavy (non-hydrogen) atoms. The molecule has 2 aromatic rings. The lowest BCUT2D eigenvalue weighted by molar-refractivity contribution is -0.138. The Morgan fingerprint density at radius 1 is 1.27 bits per heavy atom. The highest BCUT2D eigenvalue weighted by Gasteiger charge is 2.25. The molecular formula is C17H18N2O3. The lowest BCUT2D eigenvalue weighted by Gasteiger charge is -2.26. The van der Waals surface area contributed by atoms with Crippen LogP contribution in [-0.4, -0.2) is 24.0 Å². The largest absolute Gasteiger partial charge is 0.481 e. The second kappa shape index (κ2) is 6.81. The Hall–Kier alpha value is -2.74. The molecule has 0 aliphatic rings. The maximum absolute atomic E-state index is 12.4. The van der Waals surface area contributed by atoms with Crippen LogP contribution in [0.25, 0.3) is 0 Å². The maximum Gasteiger partial charge on any atom is 0.263 e. The van der Waals surface area contributed by atoms with Crippen LogP contribution in [0, 0.1) is 11.3 Å². The van der Waals surface area contributed by atoms with E-state index < -0.39 is 6.10 Å². The van der Waals surface area contributed by atoms with Gasteiger partial charge in [-0.25, -0.2) is 0 Å². The zero-order valence-electron chi connectivity index (χ0n) is 12.8. The normalized spacial score (nSPS) is 13.0. The highest BCUT2D eigenvalue weighted by molar-refractivity contribution is 5.81. The second-order valence-corrected chi connectivity index (χ2v) is 5.04. The van der Waals surface area contributed by atoms with Crippen LogP contribution in [0.2, 0.25) is 0 Å². The van der Waals surface area contributed by atoms with E-state index in [9.17, 15) is 4.79 Å².